The van der Waals surface area contributed by atoms with E-state index in [1.54, 1.807) is 17.7 Å². The number of aromatic nitrogens is 3. The second kappa shape index (κ2) is 8.35. The van der Waals surface area contributed by atoms with Crippen molar-refractivity contribution in [3.8, 4) is 0 Å². The Morgan fingerprint density at radius 3 is 2.76 bits per heavy atom. The minimum absolute atomic E-state index is 0. The molecule has 1 saturated heterocycles. The van der Waals surface area contributed by atoms with Crippen molar-refractivity contribution in [3.05, 3.63) is 41.2 Å². The van der Waals surface area contributed by atoms with Gasteiger partial charge in [-0.15, -0.1) is 17.5 Å². The fraction of sp³-hybridized carbons (Fsp3) is 0.438. The summed E-state index contributed by atoms with van der Waals surface area (Å²) in [6, 6.07) is 5.85. The molecular weight excluding hydrogens is 352 g/mol. The van der Waals surface area contributed by atoms with Crippen LogP contribution in [0.5, 0.6) is 0 Å². The van der Waals surface area contributed by atoms with Crippen molar-refractivity contribution in [2.24, 2.45) is 0 Å². The Bertz CT molecular complexity index is 731. The van der Waals surface area contributed by atoms with Crippen molar-refractivity contribution in [2.45, 2.75) is 32.2 Å². The normalized spacial score (nSPS) is 15.0. The summed E-state index contributed by atoms with van der Waals surface area (Å²) in [6.07, 6.45) is -0.715. The van der Waals surface area contributed by atoms with Gasteiger partial charge in [0.25, 0.3) is 12.3 Å². The van der Waals surface area contributed by atoms with Gasteiger partial charge in [-0.25, -0.2) is 13.5 Å². The van der Waals surface area contributed by atoms with Crippen LogP contribution in [0.1, 0.15) is 47.1 Å². The Kier molecular flexibility index (Phi) is 6.44. The molecule has 1 fully saturated rings. The number of benzene rings is 1. The van der Waals surface area contributed by atoms with Gasteiger partial charge in [0, 0.05) is 11.3 Å². The fourth-order valence-corrected chi connectivity index (χ4v) is 2.89. The van der Waals surface area contributed by atoms with Crippen LogP contribution >= 0.6 is 12.4 Å². The first-order valence-electron chi connectivity index (χ1n) is 7.88. The lowest BCUT2D eigenvalue weighted by Gasteiger charge is -2.23. The zero-order valence-electron chi connectivity index (χ0n) is 13.7. The SMILES string of the molecule is Cc1c(C(=O)Nc2cccc(C(F)F)c2)nnn1C1CCNCC1.Cl. The van der Waals surface area contributed by atoms with Crippen molar-refractivity contribution in [1.29, 1.82) is 0 Å². The van der Waals surface area contributed by atoms with Crippen molar-refractivity contribution in [2.75, 3.05) is 18.4 Å². The van der Waals surface area contributed by atoms with Gasteiger partial charge in [0.1, 0.15) is 0 Å². The van der Waals surface area contributed by atoms with E-state index in [1.165, 1.54) is 18.2 Å². The quantitative estimate of drug-likeness (QED) is 0.866. The molecular formula is C16H20ClF2N5O. The lowest BCUT2D eigenvalue weighted by Crippen LogP contribution is -2.30. The van der Waals surface area contributed by atoms with Gasteiger partial charge < -0.3 is 10.6 Å². The zero-order chi connectivity index (χ0) is 17.1. The summed E-state index contributed by atoms with van der Waals surface area (Å²) in [7, 11) is 0. The molecule has 1 aromatic carbocycles. The van der Waals surface area contributed by atoms with Crippen LogP contribution in [-0.2, 0) is 0 Å². The Hall–Kier alpha value is -2.06. The van der Waals surface area contributed by atoms with E-state index in [4.69, 9.17) is 0 Å². The van der Waals surface area contributed by atoms with Gasteiger partial charge in [0.15, 0.2) is 5.69 Å². The first kappa shape index (κ1) is 19.3. The van der Waals surface area contributed by atoms with Gasteiger partial charge in [-0.2, -0.15) is 0 Å². The summed E-state index contributed by atoms with van der Waals surface area (Å²) in [5.74, 6) is -0.445. The fourth-order valence-electron chi connectivity index (χ4n) is 2.89. The summed E-state index contributed by atoms with van der Waals surface area (Å²) in [6.45, 7) is 3.62. The largest absolute Gasteiger partial charge is 0.321 e. The maximum absolute atomic E-state index is 12.7. The van der Waals surface area contributed by atoms with Crippen LogP contribution in [-0.4, -0.2) is 34.0 Å². The van der Waals surface area contributed by atoms with Crippen molar-refractivity contribution < 1.29 is 13.6 Å². The second-order valence-corrected chi connectivity index (χ2v) is 5.83. The van der Waals surface area contributed by atoms with E-state index in [-0.39, 0.29) is 29.7 Å². The van der Waals surface area contributed by atoms with Gasteiger partial charge in [0.2, 0.25) is 0 Å². The molecule has 0 atom stereocenters. The molecule has 0 radical (unpaired) electrons. The highest BCUT2D eigenvalue weighted by molar-refractivity contribution is 6.03. The van der Waals surface area contributed by atoms with E-state index in [0.29, 0.717) is 11.4 Å². The van der Waals surface area contributed by atoms with E-state index in [1.807, 2.05) is 0 Å². The van der Waals surface area contributed by atoms with Crippen LogP contribution in [0.2, 0.25) is 0 Å². The number of nitrogens with one attached hydrogen (secondary N) is 2. The molecule has 2 aromatic rings. The number of carbonyl (C=O) groups is 1. The third kappa shape index (κ3) is 4.32. The van der Waals surface area contributed by atoms with Gasteiger partial charge in [-0.1, -0.05) is 17.3 Å². The molecule has 0 unspecified atom stereocenters. The number of alkyl halides is 2. The molecule has 2 heterocycles. The first-order valence-corrected chi connectivity index (χ1v) is 7.88. The van der Waals surface area contributed by atoms with Crippen LogP contribution in [0.15, 0.2) is 24.3 Å². The Morgan fingerprint density at radius 1 is 1.36 bits per heavy atom. The average Bonchev–Trinajstić information content (AvgIpc) is 2.97. The third-order valence-corrected chi connectivity index (χ3v) is 4.19. The number of hydrogen-bond acceptors (Lipinski definition) is 4. The summed E-state index contributed by atoms with van der Waals surface area (Å²) in [5.41, 5.74) is 1.08. The third-order valence-electron chi connectivity index (χ3n) is 4.19. The molecule has 2 N–H and O–H groups in total. The molecule has 0 spiro atoms. The lowest BCUT2D eigenvalue weighted by molar-refractivity contribution is 0.102. The van der Waals surface area contributed by atoms with Crippen LogP contribution in [0.3, 0.4) is 0 Å². The maximum Gasteiger partial charge on any atom is 0.278 e. The highest BCUT2D eigenvalue weighted by Crippen LogP contribution is 2.23. The highest BCUT2D eigenvalue weighted by Gasteiger charge is 2.23. The number of nitrogens with zero attached hydrogens (tertiary/aromatic N) is 3. The predicted molar refractivity (Wildman–Crippen MR) is 92.5 cm³/mol. The zero-order valence-corrected chi connectivity index (χ0v) is 14.5. The standard InChI is InChI=1S/C16H19F2N5O.ClH/c1-10-14(21-22-23(10)13-5-7-19-8-6-13)16(24)20-12-4-2-3-11(9-12)15(17)18;/h2-4,9,13,15,19H,5-8H2,1H3,(H,20,24);1H. The monoisotopic (exact) mass is 371 g/mol. The molecule has 1 amide bonds. The highest BCUT2D eigenvalue weighted by atomic mass is 35.5. The molecule has 1 aromatic heterocycles. The van der Waals surface area contributed by atoms with Crippen molar-refractivity contribution >= 4 is 24.0 Å². The van der Waals surface area contributed by atoms with Crippen LogP contribution < -0.4 is 10.6 Å². The Labute approximate surface area is 150 Å². The Morgan fingerprint density at radius 2 is 2.08 bits per heavy atom. The van der Waals surface area contributed by atoms with E-state index in [0.717, 1.165) is 25.9 Å². The van der Waals surface area contributed by atoms with Crippen molar-refractivity contribution in [3.63, 3.8) is 0 Å². The lowest BCUT2D eigenvalue weighted by atomic mass is 10.1. The number of rotatable bonds is 4. The van der Waals surface area contributed by atoms with Crippen molar-refractivity contribution in [1.82, 2.24) is 20.3 Å². The molecule has 25 heavy (non-hydrogen) atoms. The number of piperidine rings is 1. The van der Waals surface area contributed by atoms with Gasteiger partial charge in [0.05, 0.1) is 11.7 Å². The van der Waals surface area contributed by atoms with Gasteiger partial charge in [-0.3, -0.25) is 4.79 Å². The smallest absolute Gasteiger partial charge is 0.278 e. The molecule has 9 heteroatoms. The minimum atomic E-state index is -2.58. The molecule has 3 rings (SSSR count). The molecule has 0 aliphatic carbocycles. The second-order valence-electron chi connectivity index (χ2n) is 5.83. The summed E-state index contributed by atoms with van der Waals surface area (Å²) in [4.78, 5) is 12.4. The molecule has 1 aliphatic rings. The predicted octanol–water partition coefficient (Wildman–Crippen LogP) is 3.12. The van der Waals surface area contributed by atoms with E-state index in [9.17, 15) is 13.6 Å². The van der Waals surface area contributed by atoms with E-state index in [2.05, 4.69) is 20.9 Å². The summed E-state index contributed by atoms with van der Waals surface area (Å²) < 4.78 is 27.3. The van der Waals surface area contributed by atoms with Gasteiger partial charge in [-0.05, 0) is 45.0 Å². The number of anilines is 1. The number of amides is 1. The molecule has 6 nitrogen and oxygen atoms in total. The average molecular weight is 372 g/mol. The van der Waals surface area contributed by atoms with Gasteiger partial charge >= 0.3 is 0 Å². The topological polar surface area (TPSA) is 71.8 Å². The number of carbonyl (C=O) groups excluding carboxylic acids is 1. The van der Waals surface area contributed by atoms with Crippen LogP contribution in [0.25, 0.3) is 0 Å². The molecule has 1 aliphatic heterocycles. The number of halogens is 3. The van der Waals surface area contributed by atoms with E-state index < -0.39 is 12.3 Å². The molecule has 136 valence electrons. The number of hydrogen-bond donors (Lipinski definition) is 2. The van der Waals surface area contributed by atoms with Crippen LogP contribution in [0.4, 0.5) is 14.5 Å². The van der Waals surface area contributed by atoms with E-state index >= 15 is 0 Å². The first-order chi connectivity index (χ1) is 11.6. The summed E-state index contributed by atoms with van der Waals surface area (Å²) in [5, 5.41) is 14.0. The molecule has 0 saturated carbocycles. The summed E-state index contributed by atoms with van der Waals surface area (Å²) >= 11 is 0. The maximum atomic E-state index is 12.7. The molecule has 0 bridgehead atoms. The minimum Gasteiger partial charge on any atom is -0.321 e. The Balaban J connectivity index is 0.00000225. The van der Waals surface area contributed by atoms with Crippen LogP contribution in [0, 0.1) is 6.92 Å².